The zero-order valence-corrected chi connectivity index (χ0v) is 13.2. The Balaban J connectivity index is 1.88. The first-order chi connectivity index (χ1) is 9.58. The molecule has 0 aromatic rings. The molecule has 2 atom stereocenters. The van der Waals surface area contributed by atoms with Gasteiger partial charge in [-0.3, -0.25) is 10.2 Å². The fourth-order valence-corrected chi connectivity index (χ4v) is 2.93. The standard InChI is InChI=1S/C15H21BrN2O2/c1-10-7-8-12(16)9-13(10)15(20)18-17-14(19)11-5-3-2-4-6-11/h5,8-10,15,18,20H,2-4,6-7H2,1H3,(H,17,19). The van der Waals surface area contributed by atoms with Gasteiger partial charge in [0.2, 0.25) is 0 Å². The highest BCUT2D eigenvalue weighted by molar-refractivity contribution is 9.11. The number of carbonyl (C=O) groups excluding carboxylic acids is 1. The highest BCUT2D eigenvalue weighted by Crippen LogP contribution is 2.27. The molecule has 2 aliphatic carbocycles. The van der Waals surface area contributed by atoms with Crippen molar-refractivity contribution in [2.45, 2.75) is 45.3 Å². The smallest absolute Gasteiger partial charge is 0.261 e. The summed E-state index contributed by atoms with van der Waals surface area (Å²) in [6.45, 7) is 2.05. The molecular weight excluding hydrogens is 320 g/mol. The molecule has 20 heavy (non-hydrogen) atoms. The van der Waals surface area contributed by atoms with Crippen LogP contribution in [0.2, 0.25) is 0 Å². The van der Waals surface area contributed by atoms with Crippen LogP contribution in [0.4, 0.5) is 0 Å². The fraction of sp³-hybridized carbons (Fsp3) is 0.533. The highest BCUT2D eigenvalue weighted by atomic mass is 79.9. The number of nitrogens with one attached hydrogen (secondary N) is 2. The van der Waals surface area contributed by atoms with E-state index >= 15 is 0 Å². The van der Waals surface area contributed by atoms with E-state index in [-0.39, 0.29) is 11.8 Å². The number of aliphatic hydroxyl groups excluding tert-OH is 1. The number of halogens is 1. The summed E-state index contributed by atoms with van der Waals surface area (Å²) in [5.74, 6) is 0.118. The van der Waals surface area contributed by atoms with Crippen molar-refractivity contribution in [3.63, 3.8) is 0 Å². The molecule has 2 aliphatic rings. The van der Waals surface area contributed by atoms with Crippen LogP contribution in [0.3, 0.4) is 0 Å². The van der Waals surface area contributed by atoms with Crippen molar-refractivity contribution in [2.24, 2.45) is 5.92 Å². The van der Waals surface area contributed by atoms with Crippen molar-refractivity contribution in [1.82, 2.24) is 10.9 Å². The van der Waals surface area contributed by atoms with Crippen LogP contribution < -0.4 is 10.9 Å². The van der Waals surface area contributed by atoms with Crippen LogP contribution in [0, 0.1) is 5.92 Å². The molecule has 0 aliphatic heterocycles. The lowest BCUT2D eigenvalue weighted by atomic mass is 9.92. The number of hydrogen-bond donors (Lipinski definition) is 3. The van der Waals surface area contributed by atoms with E-state index in [2.05, 4.69) is 39.8 Å². The van der Waals surface area contributed by atoms with Gasteiger partial charge in [-0.1, -0.05) is 35.0 Å². The molecule has 0 fully saturated rings. The molecule has 0 bridgehead atoms. The lowest BCUT2D eigenvalue weighted by molar-refractivity contribution is -0.119. The van der Waals surface area contributed by atoms with E-state index in [1.165, 1.54) is 0 Å². The minimum Gasteiger partial charge on any atom is -0.373 e. The number of aliphatic hydroxyl groups is 1. The molecule has 0 radical (unpaired) electrons. The number of carbonyl (C=O) groups is 1. The molecule has 5 heteroatoms. The largest absolute Gasteiger partial charge is 0.373 e. The van der Waals surface area contributed by atoms with Crippen LogP contribution in [-0.2, 0) is 4.79 Å². The maximum atomic E-state index is 11.9. The SMILES string of the molecule is CC1CC=C(Br)C=C1C(O)NNC(=O)C1=CCCCC1. The van der Waals surface area contributed by atoms with Gasteiger partial charge in [-0.05, 0) is 49.7 Å². The number of allylic oxidation sites excluding steroid dienone is 4. The third-order valence-corrected chi connectivity index (χ3v) is 4.31. The maximum Gasteiger partial charge on any atom is 0.261 e. The van der Waals surface area contributed by atoms with E-state index in [4.69, 9.17) is 0 Å². The summed E-state index contributed by atoms with van der Waals surface area (Å²) in [7, 11) is 0. The van der Waals surface area contributed by atoms with E-state index in [1.807, 2.05) is 12.2 Å². The van der Waals surface area contributed by atoms with Crippen LogP contribution in [0.1, 0.15) is 39.0 Å². The zero-order chi connectivity index (χ0) is 14.5. The molecule has 4 nitrogen and oxygen atoms in total. The molecule has 2 unspecified atom stereocenters. The Bertz CT molecular complexity index is 468. The summed E-state index contributed by atoms with van der Waals surface area (Å²) in [5, 5.41) is 10.1. The van der Waals surface area contributed by atoms with Gasteiger partial charge in [-0.25, -0.2) is 5.43 Å². The Morgan fingerprint density at radius 1 is 1.45 bits per heavy atom. The van der Waals surface area contributed by atoms with E-state index in [0.29, 0.717) is 0 Å². The quantitative estimate of drug-likeness (QED) is 0.544. The normalized spacial score (nSPS) is 24.4. The molecule has 3 N–H and O–H groups in total. The minimum atomic E-state index is -0.862. The first-order valence-corrected chi connectivity index (χ1v) is 7.87. The first-order valence-electron chi connectivity index (χ1n) is 7.08. The summed E-state index contributed by atoms with van der Waals surface area (Å²) in [6, 6.07) is 0. The molecule has 1 amide bonds. The second kappa shape index (κ2) is 7.20. The molecule has 2 rings (SSSR count). The van der Waals surface area contributed by atoms with Crippen molar-refractivity contribution < 1.29 is 9.90 Å². The van der Waals surface area contributed by atoms with Crippen molar-refractivity contribution in [3.8, 4) is 0 Å². The lowest BCUT2D eigenvalue weighted by Crippen LogP contribution is -2.46. The molecule has 0 saturated carbocycles. The van der Waals surface area contributed by atoms with Crippen LogP contribution in [-0.4, -0.2) is 17.2 Å². The van der Waals surface area contributed by atoms with Crippen LogP contribution in [0.25, 0.3) is 0 Å². The Hall–Kier alpha value is -0.910. The topological polar surface area (TPSA) is 61.4 Å². The van der Waals surface area contributed by atoms with Crippen molar-refractivity contribution in [1.29, 1.82) is 0 Å². The average Bonchev–Trinajstić information content (AvgIpc) is 2.47. The van der Waals surface area contributed by atoms with Crippen LogP contribution in [0.5, 0.6) is 0 Å². The molecular formula is C15H21BrN2O2. The molecule has 0 aromatic heterocycles. The predicted molar refractivity (Wildman–Crippen MR) is 82.7 cm³/mol. The lowest BCUT2D eigenvalue weighted by Gasteiger charge is -2.24. The summed E-state index contributed by atoms with van der Waals surface area (Å²) in [5.41, 5.74) is 6.98. The molecule has 0 heterocycles. The van der Waals surface area contributed by atoms with Crippen LogP contribution >= 0.6 is 15.9 Å². The van der Waals surface area contributed by atoms with Crippen LogP contribution in [0.15, 0.2) is 33.9 Å². The van der Waals surface area contributed by atoms with E-state index in [9.17, 15) is 9.90 Å². The Labute approximate surface area is 128 Å². The fourth-order valence-electron chi connectivity index (χ4n) is 2.48. The maximum absolute atomic E-state index is 11.9. The zero-order valence-electron chi connectivity index (χ0n) is 11.7. The second-order valence-corrected chi connectivity index (χ2v) is 6.26. The average molecular weight is 341 g/mol. The molecule has 0 saturated heterocycles. The van der Waals surface area contributed by atoms with Crippen molar-refractivity contribution in [3.05, 3.63) is 33.9 Å². The van der Waals surface area contributed by atoms with Crippen molar-refractivity contribution >= 4 is 21.8 Å². The van der Waals surface area contributed by atoms with Gasteiger partial charge in [0.05, 0.1) is 0 Å². The number of hydrazine groups is 1. The highest BCUT2D eigenvalue weighted by Gasteiger charge is 2.21. The van der Waals surface area contributed by atoms with Crippen molar-refractivity contribution in [2.75, 3.05) is 0 Å². The van der Waals surface area contributed by atoms with E-state index < -0.39 is 6.23 Å². The van der Waals surface area contributed by atoms with Gasteiger partial charge in [0.25, 0.3) is 5.91 Å². The Kier molecular flexibility index (Phi) is 5.57. The molecule has 0 aromatic carbocycles. The third kappa shape index (κ3) is 4.04. The van der Waals surface area contributed by atoms with Gasteiger partial charge in [0.1, 0.15) is 6.23 Å². The Morgan fingerprint density at radius 2 is 2.25 bits per heavy atom. The molecule has 0 spiro atoms. The van der Waals surface area contributed by atoms with Gasteiger partial charge in [-0.2, -0.15) is 0 Å². The van der Waals surface area contributed by atoms with E-state index in [0.717, 1.165) is 47.7 Å². The van der Waals surface area contributed by atoms with Gasteiger partial charge in [-0.15, -0.1) is 0 Å². The van der Waals surface area contributed by atoms with Gasteiger partial charge >= 0.3 is 0 Å². The number of hydrogen-bond acceptors (Lipinski definition) is 3. The summed E-state index contributed by atoms with van der Waals surface area (Å²) >= 11 is 3.42. The second-order valence-electron chi connectivity index (χ2n) is 5.35. The summed E-state index contributed by atoms with van der Waals surface area (Å²) in [6.07, 6.45) is 9.96. The monoisotopic (exact) mass is 340 g/mol. The predicted octanol–water partition coefficient (Wildman–Crippen LogP) is 2.67. The number of amides is 1. The molecule has 110 valence electrons. The minimum absolute atomic E-state index is 0.137. The summed E-state index contributed by atoms with van der Waals surface area (Å²) < 4.78 is 0.966. The van der Waals surface area contributed by atoms with E-state index in [1.54, 1.807) is 0 Å². The summed E-state index contributed by atoms with van der Waals surface area (Å²) in [4.78, 5) is 11.9. The first kappa shape index (κ1) is 15.5. The van der Waals surface area contributed by atoms with Gasteiger partial charge < -0.3 is 5.11 Å². The Morgan fingerprint density at radius 3 is 2.95 bits per heavy atom. The van der Waals surface area contributed by atoms with Gasteiger partial charge in [0.15, 0.2) is 0 Å². The third-order valence-electron chi connectivity index (χ3n) is 3.76. The van der Waals surface area contributed by atoms with Gasteiger partial charge in [0, 0.05) is 10.1 Å². The number of rotatable bonds is 4.